The highest BCUT2D eigenvalue weighted by Crippen LogP contribution is 2.48. The molecule has 0 unspecified atom stereocenters. The molecule has 0 saturated carbocycles. The van der Waals surface area contributed by atoms with E-state index < -0.39 is 8.60 Å². The summed E-state index contributed by atoms with van der Waals surface area (Å²) >= 11 is 0. The minimum Gasteiger partial charge on any atom is -0.417 e. The maximum Gasteiger partial charge on any atom is 0.462 e. The summed E-state index contributed by atoms with van der Waals surface area (Å²) in [5.41, 5.74) is 4.39. The van der Waals surface area contributed by atoms with E-state index >= 15 is 0 Å². The molecule has 0 aromatic heterocycles. The molecule has 0 aliphatic heterocycles. The number of para-hydroxylation sites is 2. The third-order valence-electron chi connectivity index (χ3n) is 4.52. The first-order chi connectivity index (χ1) is 12.4. The molecule has 0 radical (unpaired) electrons. The van der Waals surface area contributed by atoms with Crippen LogP contribution < -0.4 is 9.05 Å². The first kappa shape index (κ1) is 21.7. The maximum atomic E-state index is 6.30. The smallest absolute Gasteiger partial charge is 0.417 e. The highest BCUT2D eigenvalue weighted by atomic mass is 31.2. The van der Waals surface area contributed by atoms with Gasteiger partial charge in [-0.15, -0.1) is 0 Å². The fourth-order valence-corrected chi connectivity index (χ4v) is 3.94. The standard InChI is InChI=1S/C23H33O3P/c1-16-12-10-14-18(22(3,4)5)20(16)25-27(24-9)26-21-17(2)13-11-15-19(21)23(6,7)8/h10-15H,1-9H3. The van der Waals surface area contributed by atoms with Gasteiger partial charge in [-0.1, -0.05) is 77.9 Å². The summed E-state index contributed by atoms with van der Waals surface area (Å²) in [6.07, 6.45) is 0. The van der Waals surface area contributed by atoms with Gasteiger partial charge < -0.3 is 9.05 Å². The molecule has 148 valence electrons. The summed E-state index contributed by atoms with van der Waals surface area (Å²) in [6.45, 7) is 17.2. The Morgan fingerprint density at radius 3 is 1.33 bits per heavy atom. The molecule has 2 aromatic carbocycles. The first-order valence-corrected chi connectivity index (χ1v) is 10.4. The molecular weight excluding hydrogens is 355 g/mol. The van der Waals surface area contributed by atoms with Crippen LogP contribution in [0.1, 0.15) is 63.8 Å². The van der Waals surface area contributed by atoms with E-state index in [1.165, 1.54) is 0 Å². The molecule has 0 saturated heterocycles. The van der Waals surface area contributed by atoms with Gasteiger partial charge in [0.15, 0.2) is 0 Å². The largest absolute Gasteiger partial charge is 0.462 e. The lowest BCUT2D eigenvalue weighted by molar-refractivity contribution is 0.316. The summed E-state index contributed by atoms with van der Waals surface area (Å²) in [5.74, 6) is 1.70. The molecule has 27 heavy (non-hydrogen) atoms. The molecule has 0 amide bonds. The van der Waals surface area contributed by atoms with Crippen molar-refractivity contribution in [1.82, 2.24) is 0 Å². The number of benzene rings is 2. The zero-order valence-electron chi connectivity index (χ0n) is 18.1. The molecule has 0 fully saturated rings. The van der Waals surface area contributed by atoms with E-state index in [2.05, 4.69) is 91.8 Å². The minimum atomic E-state index is -1.57. The number of aryl methyl sites for hydroxylation is 2. The van der Waals surface area contributed by atoms with E-state index in [0.29, 0.717) is 0 Å². The lowest BCUT2D eigenvalue weighted by Gasteiger charge is -2.28. The monoisotopic (exact) mass is 388 g/mol. The number of rotatable bonds is 5. The summed E-state index contributed by atoms with van der Waals surface area (Å²) in [7, 11) is 0.0646. The van der Waals surface area contributed by atoms with Gasteiger partial charge in [0, 0.05) is 18.2 Å². The van der Waals surface area contributed by atoms with Crippen LogP contribution in [0.5, 0.6) is 11.5 Å². The molecule has 0 heterocycles. The van der Waals surface area contributed by atoms with Crippen LogP contribution in [-0.2, 0) is 15.4 Å². The van der Waals surface area contributed by atoms with E-state index in [4.69, 9.17) is 13.6 Å². The second kappa shape index (κ2) is 8.20. The van der Waals surface area contributed by atoms with Crippen LogP contribution in [0.3, 0.4) is 0 Å². The molecule has 0 spiro atoms. The van der Waals surface area contributed by atoms with Gasteiger partial charge in [0.05, 0.1) is 0 Å². The molecule has 0 aliphatic rings. The lowest BCUT2D eigenvalue weighted by atomic mass is 9.85. The molecule has 2 rings (SSSR count). The second-order valence-electron chi connectivity index (χ2n) is 8.99. The Morgan fingerprint density at radius 1 is 0.667 bits per heavy atom. The average molecular weight is 388 g/mol. The second-order valence-corrected chi connectivity index (χ2v) is 10.2. The van der Waals surface area contributed by atoms with Crippen LogP contribution in [0, 0.1) is 13.8 Å². The van der Waals surface area contributed by atoms with Crippen molar-refractivity contribution in [2.45, 2.75) is 66.2 Å². The first-order valence-electron chi connectivity index (χ1n) is 9.35. The van der Waals surface area contributed by atoms with Gasteiger partial charge in [-0.25, -0.2) is 0 Å². The molecule has 0 N–H and O–H groups in total. The summed E-state index contributed by atoms with van der Waals surface area (Å²) in [6, 6.07) is 12.5. The van der Waals surface area contributed by atoms with E-state index in [1.807, 2.05) is 0 Å². The van der Waals surface area contributed by atoms with Crippen molar-refractivity contribution >= 4 is 8.60 Å². The SMILES string of the molecule is COP(Oc1c(C)cccc1C(C)(C)C)Oc1c(C)cccc1C(C)(C)C. The van der Waals surface area contributed by atoms with Crippen LogP contribution in [0.25, 0.3) is 0 Å². The van der Waals surface area contributed by atoms with Crippen molar-refractivity contribution in [2.24, 2.45) is 0 Å². The third-order valence-corrected chi connectivity index (χ3v) is 5.48. The van der Waals surface area contributed by atoms with Gasteiger partial charge >= 0.3 is 8.60 Å². The van der Waals surface area contributed by atoms with Gasteiger partial charge in [-0.2, -0.15) is 0 Å². The van der Waals surface area contributed by atoms with Crippen LogP contribution >= 0.6 is 8.60 Å². The van der Waals surface area contributed by atoms with Gasteiger partial charge in [-0.05, 0) is 35.8 Å². The van der Waals surface area contributed by atoms with Gasteiger partial charge in [0.1, 0.15) is 11.5 Å². The minimum absolute atomic E-state index is 0.0324. The normalized spacial score (nSPS) is 12.4. The Hall–Kier alpha value is -1.57. The predicted octanol–water partition coefficient (Wildman–Crippen LogP) is 7.23. The Morgan fingerprint density at radius 2 is 1.04 bits per heavy atom. The molecule has 0 bridgehead atoms. The van der Waals surface area contributed by atoms with Crippen LogP contribution in [-0.4, -0.2) is 7.11 Å². The third kappa shape index (κ3) is 5.24. The van der Waals surface area contributed by atoms with Crippen molar-refractivity contribution in [1.29, 1.82) is 0 Å². The fraction of sp³-hybridized carbons (Fsp3) is 0.478. The maximum absolute atomic E-state index is 6.30. The zero-order valence-corrected chi connectivity index (χ0v) is 19.0. The van der Waals surface area contributed by atoms with E-state index in [9.17, 15) is 0 Å². The highest BCUT2D eigenvalue weighted by molar-refractivity contribution is 7.42. The van der Waals surface area contributed by atoms with Crippen LogP contribution in [0.2, 0.25) is 0 Å². The van der Waals surface area contributed by atoms with Crippen molar-refractivity contribution in [2.75, 3.05) is 7.11 Å². The lowest BCUT2D eigenvalue weighted by Crippen LogP contribution is -2.15. The fourth-order valence-electron chi connectivity index (χ4n) is 2.97. The Balaban J connectivity index is 2.40. The topological polar surface area (TPSA) is 27.7 Å². The van der Waals surface area contributed by atoms with E-state index in [1.54, 1.807) is 7.11 Å². The Labute approximate surface area is 166 Å². The van der Waals surface area contributed by atoms with Gasteiger partial charge in [-0.3, -0.25) is 4.52 Å². The Kier molecular flexibility index (Phi) is 6.60. The number of hydrogen-bond donors (Lipinski definition) is 0. The van der Waals surface area contributed by atoms with Gasteiger partial charge in [0.2, 0.25) is 0 Å². The zero-order chi connectivity index (χ0) is 20.4. The van der Waals surface area contributed by atoms with E-state index in [-0.39, 0.29) is 10.8 Å². The van der Waals surface area contributed by atoms with Crippen LogP contribution in [0.15, 0.2) is 36.4 Å². The predicted molar refractivity (Wildman–Crippen MR) is 115 cm³/mol. The molecule has 4 heteroatoms. The Bertz CT molecular complexity index is 720. The number of hydrogen-bond acceptors (Lipinski definition) is 3. The van der Waals surface area contributed by atoms with Gasteiger partial charge in [0.25, 0.3) is 0 Å². The molecule has 2 aromatic rings. The summed E-state index contributed by atoms with van der Waals surface area (Å²) in [4.78, 5) is 0. The highest BCUT2D eigenvalue weighted by Gasteiger charge is 2.27. The van der Waals surface area contributed by atoms with Crippen molar-refractivity contribution in [3.05, 3.63) is 58.7 Å². The molecule has 3 nitrogen and oxygen atoms in total. The van der Waals surface area contributed by atoms with Crippen molar-refractivity contribution in [3.63, 3.8) is 0 Å². The summed E-state index contributed by atoms with van der Waals surface area (Å²) in [5, 5.41) is 0. The van der Waals surface area contributed by atoms with E-state index in [0.717, 1.165) is 33.8 Å². The molecule has 0 aliphatic carbocycles. The summed E-state index contributed by atoms with van der Waals surface area (Å²) < 4.78 is 18.2. The molecular formula is C23H33O3P. The average Bonchev–Trinajstić information content (AvgIpc) is 2.55. The van der Waals surface area contributed by atoms with Crippen molar-refractivity contribution in [3.8, 4) is 11.5 Å². The van der Waals surface area contributed by atoms with Crippen LogP contribution in [0.4, 0.5) is 0 Å². The van der Waals surface area contributed by atoms with Crippen molar-refractivity contribution < 1.29 is 13.6 Å². The quantitative estimate of drug-likeness (QED) is 0.506. The molecule has 0 atom stereocenters.